The highest BCUT2D eigenvalue weighted by Gasteiger charge is 2.26. The summed E-state index contributed by atoms with van der Waals surface area (Å²) in [6, 6.07) is 14.5. The average Bonchev–Trinajstić information content (AvgIpc) is 2.78. The second kappa shape index (κ2) is 9.17. The van der Waals surface area contributed by atoms with E-state index < -0.39 is 22.6 Å². The normalized spacial score (nSPS) is 14.9. The Kier molecular flexibility index (Phi) is 6.63. The number of hydrogen-bond donors (Lipinski definition) is 0. The molecule has 1 heterocycles. The molecule has 9 heteroatoms. The van der Waals surface area contributed by atoms with Gasteiger partial charge in [-0.1, -0.05) is 18.2 Å². The van der Waals surface area contributed by atoms with Crippen LogP contribution >= 0.6 is 0 Å². The summed E-state index contributed by atoms with van der Waals surface area (Å²) in [4.78, 5) is 25.9. The molecule has 0 radical (unpaired) electrons. The van der Waals surface area contributed by atoms with E-state index in [1.54, 1.807) is 31.3 Å². The van der Waals surface area contributed by atoms with Crippen LogP contribution in [0.15, 0.2) is 59.5 Å². The Labute approximate surface area is 169 Å². The summed E-state index contributed by atoms with van der Waals surface area (Å²) in [5.41, 5.74) is 0.854. The number of carbonyl (C=O) groups excluding carboxylic acids is 2. The predicted molar refractivity (Wildman–Crippen MR) is 106 cm³/mol. The first-order valence-electron chi connectivity index (χ1n) is 9.06. The number of amides is 1. The van der Waals surface area contributed by atoms with Gasteiger partial charge in [0.05, 0.1) is 23.7 Å². The zero-order valence-corrected chi connectivity index (χ0v) is 16.8. The van der Waals surface area contributed by atoms with Crippen LogP contribution in [0.25, 0.3) is 0 Å². The van der Waals surface area contributed by atoms with Gasteiger partial charge < -0.3 is 14.4 Å². The number of rotatable bonds is 6. The topological polar surface area (TPSA) is 93.2 Å². The maximum atomic E-state index is 12.6. The fourth-order valence-electron chi connectivity index (χ4n) is 2.80. The molecule has 2 aromatic rings. The van der Waals surface area contributed by atoms with Crippen molar-refractivity contribution >= 4 is 27.6 Å². The number of esters is 1. The fraction of sp³-hybridized carbons (Fsp3) is 0.300. The van der Waals surface area contributed by atoms with Gasteiger partial charge in [-0.25, -0.2) is 13.2 Å². The average molecular weight is 418 g/mol. The molecule has 154 valence electrons. The minimum Gasteiger partial charge on any atom is -0.452 e. The third kappa shape index (κ3) is 5.00. The van der Waals surface area contributed by atoms with Gasteiger partial charge in [-0.2, -0.15) is 4.31 Å². The highest BCUT2D eigenvalue weighted by Crippen LogP contribution is 2.18. The zero-order chi connectivity index (χ0) is 20.9. The molecule has 3 rings (SSSR count). The van der Waals surface area contributed by atoms with Crippen molar-refractivity contribution in [3.05, 3.63) is 60.2 Å². The quantitative estimate of drug-likeness (QED) is 0.661. The number of benzene rings is 2. The molecule has 0 aromatic heterocycles. The summed E-state index contributed by atoms with van der Waals surface area (Å²) < 4.78 is 36.8. The Morgan fingerprint density at radius 3 is 2.28 bits per heavy atom. The summed E-state index contributed by atoms with van der Waals surface area (Å²) in [7, 11) is -2.04. The lowest BCUT2D eigenvalue weighted by Gasteiger charge is -2.26. The number of likely N-dealkylation sites (N-methyl/N-ethyl adjacent to an activating group) is 1. The highest BCUT2D eigenvalue weighted by molar-refractivity contribution is 7.89. The van der Waals surface area contributed by atoms with Crippen molar-refractivity contribution in [2.45, 2.75) is 4.90 Å². The highest BCUT2D eigenvalue weighted by atomic mass is 32.2. The van der Waals surface area contributed by atoms with Crippen molar-refractivity contribution in [1.29, 1.82) is 0 Å². The molecular weight excluding hydrogens is 396 g/mol. The van der Waals surface area contributed by atoms with E-state index in [1.807, 2.05) is 6.07 Å². The lowest BCUT2D eigenvalue weighted by Crippen LogP contribution is -2.40. The monoisotopic (exact) mass is 418 g/mol. The van der Waals surface area contributed by atoms with Crippen LogP contribution in [0.5, 0.6) is 0 Å². The summed E-state index contributed by atoms with van der Waals surface area (Å²) in [6.45, 7) is 0.884. The molecule has 8 nitrogen and oxygen atoms in total. The number of para-hydroxylation sites is 1. The van der Waals surface area contributed by atoms with E-state index in [2.05, 4.69) is 0 Å². The third-order valence-corrected chi connectivity index (χ3v) is 6.46. The number of hydrogen-bond acceptors (Lipinski definition) is 6. The second-order valence-corrected chi connectivity index (χ2v) is 8.34. The molecule has 1 saturated heterocycles. The van der Waals surface area contributed by atoms with Crippen molar-refractivity contribution in [2.75, 3.05) is 44.9 Å². The van der Waals surface area contributed by atoms with Crippen LogP contribution < -0.4 is 4.90 Å². The van der Waals surface area contributed by atoms with E-state index >= 15 is 0 Å². The lowest BCUT2D eigenvalue weighted by atomic mass is 10.2. The summed E-state index contributed by atoms with van der Waals surface area (Å²) in [5, 5.41) is 0. The Morgan fingerprint density at radius 1 is 1.03 bits per heavy atom. The molecule has 0 atom stereocenters. The molecule has 0 saturated carbocycles. The van der Waals surface area contributed by atoms with Gasteiger partial charge in [0.15, 0.2) is 6.61 Å². The van der Waals surface area contributed by atoms with E-state index in [9.17, 15) is 18.0 Å². The number of anilines is 1. The largest absolute Gasteiger partial charge is 0.452 e. The first-order chi connectivity index (χ1) is 13.9. The minimum absolute atomic E-state index is 0.0934. The number of ether oxygens (including phenoxy) is 2. The molecule has 1 fully saturated rings. The Morgan fingerprint density at radius 2 is 1.66 bits per heavy atom. The van der Waals surface area contributed by atoms with Crippen molar-refractivity contribution in [2.24, 2.45) is 0 Å². The van der Waals surface area contributed by atoms with Crippen LogP contribution in [0.1, 0.15) is 10.4 Å². The molecule has 1 amide bonds. The SMILES string of the molecule is CN(C(=O)COC(=O)c1ccc(S(=O)(=O)N2CCOCC2)cc1)c1ccccc1. The van der Waals surface area contributed by atoms with Gasteiger partial charge in [-0.15, -0.1) is 0 Å². The van der Waals surface area contributed by atoms with Gasteiger partial charge in [-0.3, -0.25) is 4.79 Å². The van der Waals surface area contributed by atoms with Gasteiger partial charge in [0.2, 0.25) is 10.0 Å². The van der Waals surface area contributed by atoms with E-state index in [0.29, 0.717) is 32.0 Å². The maximum absolute atomic E-state index is 12.6. The first-order valence-corrected chi connectivity index (χ1v) is 10.5. The molecule has 0 spiro atoms. The summed E-state index contributed by atoms with van der Waals surface area (Å²) in [5.74, 6) is -1.08. The van der Waals surface area contributed by atoms with Crippen LogP contribution in [0.2, 0.25) is 0 Å². The van der Waals surface area contributed by atoms with Crippen LogP contribution in [0, 0.1) is 0 Å². The fourth-order valence-corrected chi connectivity index (χ4v) is 4.21. The van der Waals surface area contributed by atoms with Crippen LogP contribution in [0.4, 0.5) is 5.69 Å². The van der Waals surface area contributed by atoms with Gasteiger partial charge in [0.1, 0.15) is 0 Å². The predicted octanol–water partition coefficient (Wildman–Crippen LogP) is 1.53. The molecule has 1 aliphatic rings. The Balaban J connectivity index is 1.59. The molecular formula is C20H22N2O6S. The van der Waals surface area contributed by atoms with Gasteiger partial charge in [-0.05, 0) is 36.4 Å². The van der Waals surface area contributed by atoms with Crippen molar-refractivity contribution in [1.82, 2.24) is 4.31 Å². The molecule has 0 aliphatic carbocycles. The first kappa shape index (κ1) is 21.0. The Hall–Kier alpha value is -2.75. The molecule has 0 N–H and O–H groups in total. The summed E-state index contributed by atoms with van der Waals surface area (Å²) >= 11 is 0. The van der Waals surface area contributed by atoms with Crippen molar-refractivity contribution < 1.29 is 27.5 Å². The van der Waals surface area contributed by atoms with E-state index in [0.717, 1.165) is 0 Å². The van der Waals surface area contributed by atoms with Gasteiger partial charge >= 0.3 is 5.97 Å². The smallest absolute Gasteiger partial charge is 0.338 e. The lowest BCUT2D eigenvalue weighted by molar-refractivity contribution is -0.121. The van der Waals surface area contributed by atoms with Crippen molar-refractivity contribution in [3.63, 3.8) is 0 Å². The van der Waals surface area contributed by atoms with Crippen molar-refractivity contribution in [3.8, 4) is 0 Å². The number of morpholine rings is 1. The van der Waals surface area contributed by atoms with Gasteiger partial charge in [0, 0.05) is 25.8 Å². The van der Waals surface area contributed by atoms with Crippen LogP contribution in [-0.2, 0) is 24.3 Å². The minimum atomic E-state index is -3.63. The third-order valence-electron chi connectivity index (χ3n) is 4.54. The Bertz CT molecular complexity index is 954. The van der Waals surface area contributed by atoms with Crippen LogP contribution in [0.3, 0.4) is 0 Å². The standard InChI is InChI=1S/C20H22N2O6S/c1-21(17-5-3-2-4-6-17)19(23)15-28-20(24)16-7-9-18(10-8-16)29(25,26)22-11-13-27-14-12-22/h2-10H,11-15H2,1H3. The van der Waals surface area contributed by atoms with E-state index in [4.69, 9.17) is 9.47 Å². The maximum Gasteiger partial charge on any atom is 0.338 e. The molecule has 0 unspecified atom stereocenters. The zero-order valence-electron chi connectivity index (χ0n) is 16.0. The molecule has 2 aromatic carbocycles. The number of carbonyl (C=O) groups is 2. The van der Waals surface area contributed by atoms with Gasteiger partial charge in [0.25, 0.3) is 5.91 Å². The van der Waals surface area contributed by atoms with E-state index in [-0.39, 0.29) is 16.4 Å². The number of nitrogens with zero attached hydrogens (tertiary/aromatic N) is 2. The summed E-state index contributed by atoms with van der Waals surface area (Å²) in [6.07, 6.45) is 0. The number of sulfonamides is 1. The van der Waals surface area contributed by atoms with E-state index in [1.165, 1.54) is 33.5 Å². The van der Waals surface area contributed by atoms with Crippen LogP contribution in [-0.4, -0.2) is 64.6 Å². The molecule has 0 bridgehead atoms. The molecule has 29 heavy (non-hydrogen) atoms. The molecule has 1 aliphatic heterocycles. The second-order valence-electron chi connectivity index (χ2n) is 6.41.